The van der Waals surface area contributed by atoms with Gasteiger partial charge in [0, 0.05) is 37.4 Å². The highest BCUT2D eigenvalue weighted by Gasteiger charge is 2.28. The lowest BCUT2D eigenvalue weighted by atomic mass is 10.0. The lowest BCUT2D eigenvalue weighted by Crippen LogP contribution is -2.50. The Hall–Kier alpha value is -3.76. The Morgan fingerprint density at radius 1 is 1.12 bits per heavy atom. The van der Waals surface area contributed by atoms with Crippen molar-refractivity contribution in [3.8, 4) is 16.9 Å². The Bertz CT molecular complexity index is 1650. The average molecular weight is 563 g/mol. The molecule has 1 atom stereocenters. The van der Waals surface area contributed by atoms with E-state index in [2.05, 4.69) is 15.3 Å². The molecule has 0 spiro atoms. The molecule has 1 N–H and O–H groups in total. The van der Waals surface area contributed by atoms with E-state index in [9.17, 15) is 4.79 Å². The quantitative estimate of drug-likeness (QED) is 0.328. The molecule has 4 aromatic rings. The van der Waals surface area contributed by atoms with Gasteiger partial charge in [-0.25, -0.2) is 23.1 Å². The van der Waals surface area contributed by atoms with Crippen molar-refractivity contribution < 1.29 is 13.5 Å². The number of hydrogen-bond acceptors (Lipinski definition) is 7. The number of rotatable bonds is 7. The summed E-state index contributed by atoms with van der Waals surface area (Å²) in [7, 11) is 0. The maximum Gasteiger partial charge on any atom is 0.355 e. The van der Waals surface area contributed by atoms with Gasteiger partial charge in [0.05, 0.1) is 29.5 Å². The SMILES string of the molecule is Cc1ccnc(C(C)C)c1-n1c(=O)nc(N2CCNC[C@@H]2C)c2cc(F)c(-c3c(F)cccc3COC(C)C)nc21. The molecule has 1 aliphatic rings. The number of anilines is 1. The van der Waals surface area contributed by atoms with Crippen molar-refractivity contribution >= 4 is 16.9 Å². The van der Waals surface area contributed by atoms with Gasteiger partial charge in [-0.05, 0) is 62.9 Å². The van der Waals surface area contributed by atoms with Crippen LogP contribution in [0.25, 0.3) is 28.0 Å². The predicted octanol–water partition coefficient (Wildman–Crippen LogP) is 5.28. The summed E-state index contributed by atoms with van der Waals surface area (Å²) in [5, 5.41) is 3.70. The first kappa shape index (κ1) is 28.8. The summed E-state index contributed by atoms with van der Waals surface area (Å²) in [5.74, 6) is -1.000. The minimum Gasteiger partial charge on any atom is -0.374 e. The van der Waals surface area contributed by atoms with Crippen LogP contribution >= 0.6 is 0 Å². The molecule has 0 aliphatic carbocycles. The lowest BCUT2D eigenvalue weighted by Gasteiger charge is -2.35. The molecule has 1 fully saturated rings. The summed E-state index contributed by atoms with van der Waals surface area (Å²) in [6.07, 6.45) is 1.59. The van der Waals surface area contributed by atoms with Crippen molar-refractivity contribution in [2.45, 2.75) is 66.2 Å². The van der Waals surface area contributed by atoms with Crippen LogP contribution in [0.1, 0.15) is 57.4 Å². The third-order valence-electron chi connectivity index (χ3n) is 7.41. The van der Waals surface area contributed by atoms with Crippen molar-refractivity contribution in [3.05, 3.63) is 75.5 Å². The van der Waals surface area contributed by atoms with Gasteiger partial charge in [-0.15, -0.1) is 0 Å². The van der Waals surface area contributed by atoms with Gasteiger partial charge in [0.1, 0.15) is 23.1 Å². The maximum atomic E-state index is 16.1. The van der Waals surface area contributed by atoms with Gasteiger partial charge in [-0.1, -0.05) is 26.0 Å². The molecular formula is C31H36F2N6O2. The molecule has 0 amide bonds. The number of halogens is 2. The number of fused-ring (bicyclic) bond motifs is 1. The third kappa shape index (κ3) is 5.46. The molecule has 216 valence electrons. The third-order valence-corrected chi connectivity index (χ3v) is 7.41. The minimum absolute atomic E-state index is 0.00689. The zero-order valence-corrected chi connectivity index (χ0v) is 24.3. The second-order valence-corrected chi connectivity index (χ2v) is 11.1. The van der Waals surface area contributed by atoms with E-state index in [4.69, 9.17) is 9.72 Å². The summed E-state index contributed by atoms with van der Waals surface area (Å²) in [6.45, 7) is 13.7. The average Bonchev–Trinajstić information content (AvgIpc) is 2.92. The van der Waals surface area contributed by atoms with E-state index in [0.717, 1.165) is 5.56 Å². The van der Waals surface area contributed by atoms with E-state index in [-0.39, 0.29) is 41.6 Å². The van der Waals surface area contributed by atoms with E-state index in [0.29, 0.717) is 47.8 Å². The van der Waals surface area contributed by atoms with Crippen LogP contribution in [0, 0.1) is 18.6 Å². The van der Waals surface area contributed by atoms with Crippen molar-refractivity contribution in [1.29, 1.82) is 0 Å². The summed E-state index contributed by atoms with van der Waals surface area (Å²) in [5.41, 5.74) is 1.94. The second-order valence-electron chi connectivity index (χ2n) is 11.1. The van der Waals surface area contributed by atoms with Gasteiger partial charge >= 0.3 is 5.69 Å². The van der Waals surface area contributed by atoms with Crippen LogP contribution in [0.2, 0.25) is 0 Å². The zero-order valence-electron chi connectivity index (χ0n) is 24.3. The minimum atomic E-state index is -0.712. The summed E-state index contributed by atoms with van der Waals surface area (Å²) in [6, 6.07) is 7.68. The van der Waals surface area contributed by atoms with Crippen LogP contribution in [0.15, 0.2) is 41.3 Å². The number of aryl methyl sites for hydroxylation is 1. The first-order valence-corrected chi connectivity index (χ1v) is 14.0. The van der Waals surface area contributed by atoms with Crippen molar-refractivity contribution in [2.24, 2.45) is 0 Å². The Morgan fingerprint density at radius 3 is 2.61 bits per heavy atom. The van der Waals surface area contributed by atoms with Crippen molar-refractivity contribution in [1.82, 2.24) is 24.8 Å². The van der Waals surface area contributed by atoms with E-state index in [1.54, 1.807) is 18.3 Å². The number of aromatic nitrogens is 4. The van der Waals surface area contributed by atoms with Gasteiger partial charge < -0.3 is 15.0 Å². The molecule has 4 heterocycles. The van der Waals surface area contributed by atoms with Gasteiger partial charge in [-0.3, -0.25) is 4.98 Å². The van der Waals surface area contributed by atoms with E-state index in [1.807, 2.05) is 52.5 Å². The molecule has 5 rings (SSSR count). The fraction of sp³-hybridized carbons (Fsp3) is 0.419. The molecule has 10 heteroatoms. The number of hydrogen-bond donors (Lipinski definition) is 1. The molecule has 8 nitrogen and oxygen atoms in total. The van der Waals surface area contributed by atoms with Crippen LogP contribution in [-0.4, -0.2) is 51.3 Å². The normalized spacial score (nSPS) is 15.9. The van der Waals surface area contributed by atoms with Crippen LogP contribution in [0.4, 0.5) is 14.6 Å². The van der Waals surface area contributed by atoms with E-state index in [1.165, 1.54) is 16.7 Å². The van der Waals surface area contributed by atoms with Gasteiger partial charge in [-0.2, -0.15) is 4.98 Å². The molecule has 1 saturated heterocycles. The van der Waals surface area contributed by atoms with Crippen LogP contribution in [0.5, 0.6) is 0 Å². The molecule has 0 unspecified atom stereocenters. The molecule has 0 radical (unpaired) electrons. The zero-order chi connectivity index (χ0) is 29.4. The van der Waals surface area contributed by atoms with Crippen LogP contribution < -0.4 is 15.9 Å². The Labute approximate surface area is 238 Å². The molecule has 1 aromatic carbocycles. The number of pyridine rings is 2. The molecule has 0 saturated carbocycles. The number of benzene rings is 1. The fourth-order valence-electron chi connectivity index (χ4n) is 5.35. The largest absolute Gasteiger partial charge is 0.374 e. The summed E-state index contributed by atoms with van der Waals surface area (Å²) < 4.78 is 38.7. The Morgan fingerprint density at radius 2 is 1.90 bits per heavy atom. The monoisotopic (exact) mass is 562 g/mol. The highest BCUT2D eigenvalue weighted by molar-refractivity contribution is 5.90. The number of piperazine rings is 1. The second kappa shape index (κ2) is 11.6. The molecule has 1 aliphatic heterocycles. The first-order chi connectivity index (χ1) is 19.6. The topological polar surface area (TPSA) is 85.2 Å². The fourth-order valence-corrected chi connectivity index (χ4v) is 5.35. The van der Waals surface area contributed by atoms with Crippen LogP contribution in [0.3, 0.4) is 0 Å². The number of ether oxygens (including phenoxy) is 1. The molecule has 0 bridgehead atoms. The summed E-state index contributed by atoms with van der Waals surface area (Å²) >= 11 is 0. The van der Waals surface area contributed by atoms with Crippen molar-refractivity contribution in [3.63, 3.8) is 0 Å². The van der Waals surface area contributed by atoms with Gasteiger partial charge in [0.25, 0.3) is 0 Å². The standard InChI is InChI=1S/C31H36F2N6O2/c1-17(2)26-28(19(5)10-11-35-26)39-30-22(29(37-31(39)40)38-13-12-34-15-20(38)6)14-24(33)27(36-30)25-21(16-41-18(3)4)8-7-9-23(25)32/h7-11,14,17-18,20,34H,12-13,15-16H2,1-6H3/t20-/m0/s1. The Kier molecular flexibility index (Phi) is 8.15. The highest BCUT2D eigenvalue weighted by Crippen LogP contribution is 2.35. The van der Waals surface area contributed by atoms with E-state index >= 15 is 8.78 Å². The highest BCUT2D eigenvalue weighted by atomic mass is 19.1. The molecule has 3 aromatic heterocycles. The maximum absolute atomic E-state index is 16.1. The van der Waals surface area contributed by atoms with Crippen molar-refractivity contribution in [2.75, 3.05) is 24.5 Å². The van der Waals surface area contributed by atoms with Gasteiger partial charge in [0.2, 0.25) is 0 Å². The molecular weight excluding hydrogens is 526 g/mol. The lowest BCUT2D eigenvalue weighted by molar-refractivity contribution is 0.0658. The van der Waals surface area contributed by atoms with E-state index < -0.39 is 17.3 Å². The predicted molar refractivity (Wildman–Crippen MR) is 157 cm³/mol. The summed E-state index contributed by atoms with van der Waals surface area (Å²) in [4.78, 5) is 29.7. The molecule has 41 heavy (non-hydrogen) atoms. The van der Waals surface area contributed by atoms with Crippen LogP contribution in [-0.2, 0) is 11.3 Å². The number of nitrogens with zero attached hydrogens (tertiary/aromatic N) is 5. The number of nitrogens with one attached hydrogen (secondary N) is 1. The first-order valence-electron chi connectivity index (χ1n) is 14.0. The van der Waals surface area contributed by atoms with Gasteiger partial charge in [0.15, 0.2) is 5.65 Å². The Balaban J connectivity index is 1.87. The smallest absolute Gasteiger partial charge is 0.355 e.